The Morgan fingerprint density at radius 1 is 0.814 bits per heavy atom. The van der Waals surface area contributed by atoms with Crippen molar-refractivity contribution in [3.8, 4) is 0 Å². The van der Waals surface area contributed by atoms with Gasteiger partial charge in [0.25, 0.3) is 0 Å². The van der Waals surface area contributed by atoms with Crippen molar-refractivity contribution in [2.24, 2.45) is 0 Å². The molecule has 2 amide bonds. The van der Waals surface area contributed by atoms with Gasteiger partial charge >= 0.3 is 5.97 Å². The quantitative estimate of drug-likeness (QED) is 0.120. The average Bonchev–Trinajstić information content (AvgIpc) is 2.98. The molecule has 0 fully saturated rings. The fraction of sp³-hybridized carbons (Fsp3) is 0.528. The van der Waals surface area contributed by atoms with Gasteiger partial charge in [0.1, 0.15) is 0 Å². The Hall–Kier alpha value is -3.45. The van der Waals surface area contributed by atoms with E-state index < -0.39 is 24.2 Å². The van der Waals surface area contributed by atoms with E-state index in [-0.39, 0.29) is 36.3 Å². The lowest BCUT2D eigenvalue weighted by atomic mass is 9.87. The highest BCUT2D eigenvalue weighted by molar-refractivity contribution is 5.87. The number of carboxylic acid groups (broad SMARTS) is 1. The Kier molecular flexibility index (Phi) is 21.0. The van der Waals surface area contributed by atoms with Crippen LogP contribution in [0.25, 0.3) is 0 Å². The lowest BCUT2D eigenvalue weighted by molar-refractivity contribution is -0.134. The summed E-state index contributed by atoms with van der Waals surface area (Å²) >= 11 is 0. The molecule has 0 aromatic heterocycles. The van der Waals surface area contributed by atoms with Crippen LogP contribution in [0.5, 0.6) is 0 Å². The van der Waals surface area contributed by atoms with Gasteiger partial charge in [-0.15, -0.1) is 0 Å². The van der Waals surface area contributed by atoms with Gasteiger partial charge in [-0.1, -0.05) is 93.7 Å². The second-order valence-corrected chi connectivity index (χ2v) is 10.6. The zero-order valence-corrected chi connectivity index (χ0v) is 26.7. The van der Waals surface area contributed by atoms with Crippen molar-refractivity contribution in [2.45, 2.75) is 123 Å². The first-order valence-corrected chi connectivity index (χ1v) is 15.9. The maximum Gasteiger partial charge on any atom is 0.331 e. The van der Waals surface area contributed by atoms with Crippen molar-refractivity contribution >= 4 is 17.8 Å². The Morgan fingerprint density at radius 3 is 1.74 bits per heavy atom. The Labute approximate surface area is 259 Å². The van der Waals surface area contributed by atoms with E-state index in [1.807, 2.05) is 26.0 Å². The van der Waals surface area contributed by atoms with Crippen molar-refractivity contribution in [3.63, 3.8) is 0 Å². The molecule has 1 aliphatic rings. The summed E-state index contributed by atoms with van der Waals surface area (Å²) in [5.41, 5.74) is 0.180. The van der Waals surface area contributed by atoms with Gasteiger partial charge < -0.3 is 20.5 Å². The Balaban J connectivity index is 2.43. The number of carbonyl (C=O) groups excluding carboxylic acids is 2. The third-order valence-electron chi connectivity index (χ3n) is 6.98. The van der Waals surface area contributed by atoms with Crippen LogP contribution < -0.4 is 10.6 Å². The summed E-state index contributed by atoms with van der Waals surface area (Å²) in [5, 5.41) is 15.5. The number of hydrogen-bond donors (Lipinski definition) is 3. The second-order valence-electron chi connectivity index (χ2n) is 10.6. The number of nitrogens with one attached hydrogen (secondary N) is 2. The SMILES string of the molecule is CCC=CCC=CCC=CCC=CCC=CCC=CCCC(=O)NC1CC(C(=O)O)=CC(OC(CC)CC)C1NC(C)=O. The van der Waals surface area contributed by atoms with Crippen LogP contribution in [0.15, 0.2) is 84.6 Å². The number of rotatable bonds is 21. The highest BCUT2D eigenvalue weighted by Crippen LogP contribution is 2.25. The highest BCUT2D eigenvalue weighted by atomic mass is 16.5. The molecule has 0 saturated heterocycles. The molecule has 3 atom stereocenters. The Morgan fingerprint density at radius 2 is 1.30 bits per heavy atom. The minimum absolute atomic E-state index is 0.0740. The van der Waals surface area contributed by atoms with E-state index in [2.05, 4.69) is 78.3 Å². The van der Waals surface area contributed by atoms with Gasteiger partial charge in [0.05, 0.1) is 24.3 Å². The summed E-state index contributed by atoms with van der Waals surface area (Å²) in [6.07, 6.45) is 34.7. The molecule has 7 heteroatoms. The van der Waals surface area contributed by atoms with Crippen molar-refractivity contribution in [3.05, 3.63) is 84.6 Å². The Bertz CT molecular complexity index is 1030. The summed E-state index contributed by atoms with van der Waals surface area (Å²) in [6.45, 7) is 7.55. The van der Waals surface area contributed by atoms with Gasteiger partial charge in [-0.3, -0.25) is 9.59 Å². The minimum Gasteiger partial charge on any atom is -0.478 e. The van der Waals surface area contributed by atoms with Crippen LogP contribution in [0, 0.1) is 0 Å². The predicted octanol–water partition coefficient (Wildman–Crippen LogP) is 7.44. The van der Waals surface area contributed by atoms with E-state index in [4.69, 9.17) is 4.74 Å². The maximum absolute atomic E-state index is 12.7. The third-order valence-corrected chi connectivity index (χ3v) is 6.98. The smallest absolute Gasteiger partial charge is 0.331 e. The lowest BCUT2D eigenvalue weighted by Gasteiger charge is -2.38. The van der Waals surface area contributed by atoms with Gasteiger partial charge in [-0.05, 0) is 63.9 Å². The zero-order valence-electron chi connectivity index (χ0n) is 26.7. The van der Waals surface area contributed by atoms with Crippen LogP contribution in [0.4, 0.5) is 0 Å². The van der Waals surface area contributed by atoms with E-state index in [0.717, 1.165) is 51.4 Å². The predicted molar refractivity (Wildman–Crippen MR) is 177 cm³/mol. The van der Waals surface area contributed by atoms with Gasteiger partial charge in [0, 0.05) is 25.3 Å². The molecule has 0 saturated carbocycles. The molecule has 0 aromatic carbocycles. The molecule has 0 heterocycles. The van der Waals surface area contributed by atoms with Crippen molar-refractivity contribution < 1.29 is 24.2 Å². The molecule has 238 valence electrons. The summed E-state index contributed by atoms with van der Waals surface area (Å²) in [4.78, 5) is 36.5. The van der Waals surface area contributed by atoms with Crippen molar-refractivity contribution in [1.29, 1.82) is 0 Å². The van der Waals surface area contributed by atoms with E-state index in [1.54, 1.807) is 6.08 Å². The van der Waals surface area contributed by atoms with E-state index in [9.17, 15) is 19.5 Å². The summed E-state index contributed by atoms with van der Waals surface area (Å²) in [6, 6.07) is -1.12. The van der Waals surface area contributed by atoms with E-state index in [1.165, 1.54) is 6.92 Å². The van der Waals surface area contributed by atoms with Crippen LogP contribution in [-0.4, -0.2) is 47.2 Å². The molecule has 43 heavy (non-hydrogen) atoms. The van der Waals surface area contributed by atoms with Crippen molar-refractivity contribution in [2.75, 3.05) is 0 Å². The summed E-state index contributed by atoms with van der Waals surface area (Å²) < 4.78 is 6.16. The number of allylic oxidation sites excluding steroid dienone is 12. The summed E-state index contributed by atoms with van der Waals surface area (Å²) in [7, 11) is 0. The molecule has 3 unspecified atom stereocenters. The largest absolute Gasteiger partial charge is 0.478 e. The number of amides is 2. The number of carboxylic acids is 1. The normalized spacial score (nSPS) is 19.6. The number of ether oxygens (including phenoxy) is 1. The number of aliphatic carboxylic acids is 1. The molecule has 1 aliphatic carbocycles. The van der Waals surface area contributed by atoms with Crippen LogP contribution in [0.2, 0.25) is 0 Å². The minimum atomic E-state index is -1.04. The molecule has 3 N–H and O–H groups in total. The third kappa shape index (κ3) is 18.0. The van der Waals surface area contributed by atoms with Gasteiger partial charge in [-0.2, -0.15) is 0 Å². The van der Waals surface area contributed by atoms with E-state index in [0.29, 0.717) is 6.42 Å². The highest BCUT2D eigenvalue weighted by Gasteiger charge is 2.38. The van der Waals surface area contributed by atoms with Gasteiger partial charge in [-0.25, -0.2) is 4.79 Å². The first kappa shape index (κ1) is 37.6. The fourth-order valence-electron chi connectivity index (χ4n) is 4.64. The molecule has 1 rings (SSSR count). The maximum atomic E-state index is 12.7. The van der Waals surface area contributed by atoms with Crippen molar-refractivity contribution in [1.82, 2.24) is 10.6 Å². The fourth-order valence-corrected chi connectivity index (χ4v) is 4.64. The monoisotopic (exact) mass is 594 g/mol. The second kappa shape index (κ2) is 24.0. The molecule has 7 nitrogen and oxygen atoms in total. The molecule has 0 spiro atoms. The lowest BCUT2D eigenvalue weighted by Crippen LogP contribution is -2.59. The van der Waals surface area contributed by atoms with Gasteiger partial charge in [0.2, 0.25) is 11.8 Å². The number of carbonyl (C=O) groups is 3. The molecule has 0 aliphatic heterocycles. The van der Waals surface area contributed by atoms with Crippen LogP contribution in [0.3, 0.4) is 0 Å². The van der Waals surface area contributed by atoms with Crippen LogP contribution >= 0.6 is 0 Å². The molecule has 0 bridgehead atoms. The van der Waals surface area contributed by atoms with Crippen LogP contribution in [-0.2, 0) is 19.1 Å². The average molecular weight is 595 g/mol. The van der Waals surface area contributed by atoms with Crippen LogP contribution in [0.1, 0.15) is 98.3 Å². The molecule has 0 aromatic rings. The van der Waals surface area contributed by atoms with E-state index >= 15 is 0 Å². The first-order chi connectivity index (χ1) is 20.8. The first-order valence-electron chi connectivity index (χ1n) is 15.9. The molecular weight excluding hydrogens is 540 g/mol. The molecule has 0 radical (unpaired) electrons. The number of hydrogen-bond acceptors (Lipinski definition) is 4. The van der Waals surface area contributed by atoms with Gasteiger partial charge in [0.15, 0.2) is 0 Å². The molecular formula is C36H54N2O5. The standard InChI is InChI=1S/C36H54N2O5/c1-5-8-9-10-11-12-13-14-15-16-17-18-19-20-21-22-23-24-25-26-34(40)38-32-27-30(36(41)42)28-33(35(32)37-29(4)39)43-31(6-2)7-3/h8-9,11-12,14-15,17-18,20-21,23-24,28,31-33,35H,5-7,10,13,16,19,22,25-27H2,1-4H3,(H,37,39)(H,38,40)(H,41,42). The topological polar surface area (TPSA) is 105 Å². The zero-order chi connectivity index (χ0) is 31.7. The summed E-state index contributed by atoms with van der Waals surface area (Å²) in [5.74, 6) is -1.49.